The summed E-state index contributed by atoms with van der Waals surface area (Å²) in [6.45, 7) is 5.42. The maximum Gasteiger partial charge on any atom is 0.408 e. The minimum atomic E-state index is -1.32. The van der Waals surface area contributed by atoms with Crippen molar-refractivity contribution in [1.29, 1.82) is 0 Å². The van der Waals surface area contributed by atoms with Gasteiger partial charge >= 0.3 is 11.8 Å². The molecule has 0 spiro atoms. The van der Waals surface area contributed by atoms with Crippen molar-refractivity contribution in [3.63, 3.8) is 0 Å². The van der Waals surface area contributed by atoms with Crippen LogP contribution in [-0.4, -0.2) is 56.8 Å². The minimum Gasteiger partial charge on any atom is -0.465 e. The van der Waals surface area contributed by atoms with E-state index in [1.807, 2.05) is 0 Å². The number of rotatable bonds is 3. The van der Waals surface area contributed by atoms with Crippen LogP contribution in [0, 0.1) is 10.1 Å². The summed E-state index contributed by atoms with van der Waals surface area (Å²) in [5, 5.41) is 20.7. The Morgan fingerprint density at radius 3 is 2.75 bits per heavy atom. The second-order valence-corrected chi connectivity index (χ2v) is 6.76. The molecule has 0 radical (unpaired) electrons. The van der Waals surface area contributed by atoms with E-state index in [1.165, 1.54) is 12.3 Å². The molecular formula is C15H21FN4O4. The zero-order chi connectivity index (χ0) is 18.1. The van der Waals surface area contributed by atoms with Gasteiger partial charge in [-0.2, -0.15) is 0 Å². The highest BCUT2D eigenvalue weighted by atomic mass is 19.1. The first-order valence-corrected chi connectivity index (χ1v) is 7.62. The molecule has 1 N–H and O–H groups in total. The SMILES string of the molecule is CC(C)(C)N(C(=O)O)[C@H]1CN(c2ccncc2[N+](=O)[O-])CC[C@@H]1F. The number of aromatic nitrogens is 1. The van der Waals surface area contributed by atoms with Crippen molar-refractivity contribution >= 4 is 17.5 Å². The highest BCUT2D eigenvalue weighted by Gasteiger charge is 2.42. The van der Waals surface area contributed by atoms with Crippen LogP contribution in [0.15, 0.2) is 18.5 Å². The number of carbonyl (C=O) groups is 1. The monoisotopic (exact) mass is 340 g/mol. The second kappa shape index (κ2) is 6.58. The van der Waals surface area contributed by atoms with Gasteiger partial charge in [-0.05, 0) is 33.3 Å². The zero-order valence-electron chi connectivity index (χ0n) is 13.8. The number of nitro groups is 1. The fraction of sp³-hybridized carbons (Fsp3) is 0.600. The molecule has 24 heavy (non-hydrogen) atoms. The lowest BCUT2D eigenvalue weighted by Gasteiger charge is -2.45. The molecule has 0 aliphatic carbocycles. The van der Waals surface area contributed by atoms with E-state index in [0.717, 1.165) is 11.1 Å². The van der Waals surface area contributed by atoms with Crippen molar-refractivity contribution in [2.75, 3.05) is 18.0 Å². The third-order valence-corrected chi connectivity index (χ3v) is 4.08. The van der Waals surface area contributed by atoms with Crippen molar-refractivity contribution in [1.82, 2.24) is 9.88 Å². The number of amides is 1. The van der Waals surface area contributed by atoms with E-state index in [1.54, 1.807) is 25.7 Å². The number of carboxylic acid groups (broad SMARTS) is 1. The van der Waals surface area contributed by atoms with Gasteiger partial charge in [-0.15, -0.1) is 0 Å². The van der Waals surface area contributed by atoms with Crippen LogP contribution < -0.4 is 4.90 Å². The lowest BCUT2D eigenvalue weighted by molar-refractivity contribution is -0.384. The third kappa shape index (κ3) is 3.55. The Labute approximate surface area is 139 Å². The van der Waals surface area contributed by atoms with Crippen molar-refractivity contribution < 1.29 is 19.2 Å². The number of nitrogens with zero attached hydrogens (tertiary/aromatic N) is 4. The first kappa shape index (κ1) is 17.9. The summed E-state index contributed by atoms with van der Waals surface area (Å²) in [5.74, 6) is 0. The van der Waals surface area contributed by atoms with Crippen LogP contribution in [0.4, 0.5) is 20.6 Å². The molecule has 132 valence electrons. The maximum absolute atomic E-state index is 14.5. The minimum absolute atomic E-state index is 0.0512. The second-order valence-electron chi connectivity index (χ2n) is 6.76. The van der Waals surface area contributed by atoms with Gasteiger partial charge in [0, 0.05) is 24.8 Å². The van der Waals surface area contributed by atoms with E-state index in [4.69, 9.17) is 0 Å². The molecule has 1 amide bonds. The number of piperidine rings is 1. The van der Waals surface area contributed by atoms with Crippen LogP contribution in [0.3, 0.4) is 0 Å². The van der Waals surface area contributed by atoms with Gasteiger partial charge in [0.1, 0.15) is 18.1 Å². The Morgan fingerprint density at radius 2 is 2.21 bits per heavy atom. The molecule has 1 fully saturated rings. The predicted octanol–water partition coefficient (Wildman–Crippen LogP) is 2.69. The van der Waals surface area contributed by atoms with Crippen molar-refractivity contribution in [2.24, 2.45) is 0 Å². The van der Waals surface area contributed by atoms with Crippen LogP contribution >= 0.6 is 0 Å². The zero-order valence-corrected chi connectivity index (χ0v) is 13.8. The third-order valence-electron chi connectivity index (χ3n) is 4.08. The summed E-state index contributed by atoms with van der Waals surface area (Å²) in [5.41, 5.74) is -0.633. The van der Waals surface area contributed by atoms with Crippen molar-refractivity contribution in [3.05, 3.63) is 28.6 Å². The van der Waals surface area contributed by atoms with Gasteiger partial charge in [-0.3, -0.25) is 20.0 Å². The van der Waals surface area contributed by atoms with Gasteiger partial charge in [0.15, 0.2) is 0 Å². The molecule has 0 aromatic carbocycles. The summed E-state index contributed by atoms with van der Waals surface area (Å²) in [4.78, 5) is 28.8. The Balaban J connectivity index is 2.35. The molecule has 9 heteroatoms. The number of halogens is 1. The van der Waals surface area contributed by atoms with Gasteiger partial charge < -0.3 is 10.0 Å². The van der Waals surface area contributed by atoms with E-state index in [-0.39, 0.29) is 25.2 Å². The first-order valence-electron chi connectivity index (χ1n) is 7.62. The Kier molecular flexibility index (Phi) is 4.91. The molecule has 2 rings (SSSR count). The normalized spacial score (nSPS) is 21.4. The molecule has 2 heterocycles. The van der Waals surface area contributed by atoms with Crippen molar-refractivity contribution in [2.45, 2.75) is 44.9 Å². The molecule has 0 bridgehead atoms. The van der Waals surface area contributed by atoms with Gasteiger partial charge in [0.2, 0.25) is 0 Å². The van der Waals surface area contributed by atoms with E-state index in [0.29, 0.717) is 5.69 Å². The van der Waals surface area contributed by atoms with Crippen LogP contribution in [0.1, 0.15) is 27.2 Å². The average Bonchev–Trinajstić information content (AvgIpc) is 2.47. The van der Waals surface area contributed by atoms with Crippen LogP contribution in [-0.2, 0) is 0 Å². The topological polar surface area (TPSA) is 99.8 Å². The number of anilines is 1. The summed E-state index contributed by atoms with van der Waals surface area (Å²) < 4.78 is 14.5. The number of alkyl halides is 1. The van der Waals surface area contributed by atoms with Gasteiger partial charge in [0.25, 0.3) is 0 Å². The summed E-state index contributed by atoms with van der Waals surface area (Å²) in [6.07, 6.45) is 0.144. The number of hydrogen-bond acceptors (Lipinski definition) is 5. The fourth-order valence-corrected chi connectivity index (χ4v) is 3.08. The highest BCUT2D eigenvalue weighted by molar-refractivity contribution is 5.67. The van der Waals surface area contributed by atoms with Crippen molar-refractivity contribution in [3.8, 4) is 0 Å². The molecule has 1 aliphatic rings. The Morgan fingerprint density at radius 1 is 1.54 bits per heavy atom. The number of hydrogen-bond donors (Lipinski definition) is 1. The van der Waals surface area contributed by atoms with Gasteiger partial charge in [0.05, 0.1) is 11.0 Å². The largest absolute Gasteiger partial charge is 0.465 e. The molecular weight excluding hydrogens is 319 g/mol. The maximum atomic E-state index is 14.5. The molecule has 1 aliphatic heterocycles. The Bertz CT molecular complexity index is 634. The van der Waals surface area contributed by atoms with E-state index in [2.05, 4.69) is 4.98 Å². The molecule has 0 unspecified atom stereocenters. The molecule has 0 saturated carbocycles. The summed E-state index contributed by atoms with van der Waals surface area (Å²) in [7, 11) is 0. The molecule has 8 nitrogen and oxygen atoms in total. The molecule has 1 saturated heterocycles. The van der Waals surface area contributed by atoms with E-state index in [9.17, 15) is 24.4 Å². The first-order chi connectivity index (χ1) is 11.1. The lowest BCUT2D eigenvalue weighted by Crippen LogP contribution is -2.61. The quantitative estimate of drug-likeness (QED) is 0.671. The number of pyridine rings is 1. The fourth-order valence-electron chi connectivity index (χ4n) is 3.08. The van der Waals surface area contributed by atoms with E-state index < -0.39 is 28.8 Å². The predicted molar refractivity (Wildman–Crippen MR) is 86.0 cm³/mol. The molecule has 1 aromatic rings. The Hall–Kier alpha value is -2.45. The standard InChI is InChI=1S/C15H21FN4O4/c1-15(2,3)19(14(21)22)13-9-18(7-5-10(13)16)11-4-6-17-8-12(11)20(23)24/h4,6,8,10,13H,5,7,9H2,1-3H3,(H,21,22)/t10-,13-/m0/s1. The molecule has 2 atom stereocenters. The summed E-state index contributed by atoms with van der Waals surface area (Å²) in [6, 6.07) is 0.597. The van der Waals surface area contributed by atoms with Crippen LogP contribution in [0.2, 0.25) is 0 Å². The van der Waals surface area contributed by atoms with Crippen LogP contribution in [0.5, 0.6) is 0 Å². The average molecular weight is 340 g/mol. The van der Waals surface area contributed by atoms with E-state index >= 15 is 0 Å². The molecule has 1 aromatic heterocycles. The van der Waals surface area contributed by atoms with Gasteiger partial charge in [-0.25, -0.2) is 9.18 Å². The highest BCUT2D eigenvalue weighted by Crippen LogP contribution is 2.32. The van der Waals surface area contributed by atoms with Gasteiger partial charge in [-0.1, -0.05) is 0 Å². The van der Waals surface area contributed by atoms with Crippen LogP contribution in [0.25, 0.3) is 0 Å². The lowest BCUT2D eigenvalue weighted by atomic mass is 9.96. The smallest absolute Gasteiger partial charge is 0.408 e. The summed E-state index contributed by atoms with van der Waals surface area (Å²) >= 11 is 0.